The first kappa shape index (κ1) is 20.7. The van der Waals surface area contributed by atoms with Crippen molar-refractivity contribution in [1.29, 1.82) is 0 Å². The van der Waals surface area contributed by atoms with Crippen molar-refractivity contribution in [2.45, 2.75) is 52.6 Å². The van der Waals surface area contributed by atoms with Crippen LogP contribution in [-0.2, 0) is 6.42 Å². The van der Waals surface area contributed by atoms with Crippen molar-refractivity contribution in [2.24, 2.45) is 0 Å². The first-order chi connectivity index (χ1) is 13.6. The molecule has 0 amide bonds. The standard InChI is InChI=1S/C23H34N4O/c1-4-5-11-21(28)17-26-12-14-27(15-13-26)23-22(18(2)24-19(3)25-23)16-20-9-7-6-8-10-20/h6-10,21,28H,4-5,11-17H2,1-3H3/t21-/m1/s1. The van der Waals surface area contributed by atoms with Crippen LogP contribution < -0.4 is 4.90 Å². The SMILES string of the molecule is CCCC[C@@H](O)CN1CCN(c2nc(C)nc(C)c2Cc2ccccc2)CC1. The number of nitrogens with zero attached hydrogens (tertiary/aromatic N) is 4. The van der Waals surface area contributed by atoms with Crippen LogP contribution in [0.5, 0.6) is 0 Å². The minimum Gasteiger partial charge on any atom is -0.392 e. The zero-order chi connectivity index (χ0) is 19.9. The molecule has 1 aliphatic heterocycles. The van der Waals surface area contributed by atoms with Crippen LogP contribution in [0.25, 0.3) is 0 Å². The summed E-state index contributed by atoms with van der Waals surface area (Å²) in [6, 6.07) is 10.6. The molecule has 1 N–H and O–H groups in total. The number of benzene rings is 1. The topological polar surface area (TPSA) is 52.5 Å². The van der Waals surface area contributed by atoms with E-state index in [-0.39, 0.29) is 6.10 Å². The molecule has 1 aromatic carbocycles. The molecular weight excluding hydrogens is 348 g/mol. The summed E-state index contributed by atoms with van der Waals surface area (Å²) in [5, 5.41) is 10.2. The van der Waals surface area contributed by atoms with Crippen molar-refractivity contribution in [3.8, 4) is 0 Å². The highest BCUT2D eigenvalue weighted by Crippen LogP contribution is 2.25. The lowest BCUT2D eigenvalue weighted by atomic mass is 10.0. The average Bonchev–Trinajstić information content (AvgIpc) is 2.70. The molecule has 0 bridgehead atoms. The molecule has 1 aliphatic rings. The molecule has 2 heterocycles. The number of hydrogen-bond acceptors (Lipinski definition) is 5. The van der Waals surface area contributed by atoms with Gasteiger partial charge in [-0.15, -0.1) is 0 Å². The first-order valence-corrected chi connectivity index (χ1v) is 10.6. The van der Waals surface area contributed by atoms with Crippen molar-refractivity contribution in [2.75, 3.05) is 37.6 Å². The lowest BCUT2D eigenvalue weighted by Gasteiger charge is -2.37. The van der Waals surface area contributed by atoms with Gasteiger partial charge in [-0.2, -0.15) is 0 Å². The fourth-order valence-corrected chi connectivity index (χ4v) is 3.96. The van der Waals surface area contributed by atoms with Crippen LogP contribution in [-0.4, -0.2) is 58.8 Å². The lowest BCUT2D eigenvalue weighted by Crippen LogP contribution is -2.49. The molecule has 5 nitrogen and oxygen atoms in total. The van der Waals surface area contributed by atoms with Crippen molar-refractivity contribution in [1.82, 2.24) is 14.9 Å². The Labute approximate surface area is 169 Å². The van der Waals surface area contributed by atoms with E-state index in [1.807, 2.05) is 6.92 Å². The van der Waals surface area contributed by atoms with Gasteiger partial charge in [0.15, 0.2) is 0 Å². The molecule has 1 saturated heterocycles. The fraction of sp³-hybridized carbons (Fsp3) is 0.565. The molecule has 152 valence electrons. The van der Waals surface area contributed by atoms with Gasteiger partial charge >= 0.3 is 0 Å². The number of β-amino-alcohol motifs (C(OH)–C–C–N with tert-alkyl or cyclic N) is 1. The van der Waals surface area contributed by atoms with Gasteiger partial charge in [0, 0.05) is 50.4 Å². The van der Waals surface area contributed by atoms with E-state index in [2.05, 4.69) is 59.0 Å². The molecule has 1 aromatic heterocycles. The van der Waals surface area contributed by atoms with Crippen molar-refractivity contribution >= 4 is 5.82 Å². The Hall–Kier alpha value is -1.98. The summed E-state index contributed by atoms with van der Waals surface area (Å²) in [4.78, 5) is 14.2. The number of unbranched alkanes of at least 4 members (excludes halogenated alkanes) is 1. The third-order valence-corrected chi connectivity index (χ3v) is 5.56. The number of hydrogen-bond donors (Lipinski definition) is 1. The summed E-state index contributed by atoms with van der Waals surface area (Å²) >= 11 is 0. The quantitative estimate of drug-likeness (QED) is 0.759. The number of rotatable bonds is 8. The van der Waals surface area contributed by atoms with Crippen molar-refractivity contribution in [3.05, 3.63) is 53.0 Å². The monoisotopic (exact) mass is 382 g/mol. The highest BCUT2D eigenvalue weighted by atomic mass is 16.3. The third kappa shape index (κ3) is 5.52. The number of aliphatic hydroxyl groups excluding tert-OH is 1. The Bertz CT molecular complexity index is 742. The molecule has 28 heavy (non-hydrogen) atoms. The Kier molecular flexibility index (Phi) is 7.40. The summed E-state index contributed by atoms with van der Waals surface area (Å²) in [5.41, 5.74) is 3.59. The molecule has 0 unspecified atom stereocenters. The molecule has 0 saturated carbocycles. The second-order valence-electron chi connectivity index (χ2n) is 7.90. The minimum absolute atomic E-state index is 0.205. The number of aromatic nitrogens is 2. The smallest absolute Gasteiger partial charge is 0.136 e. The average molecular weight is 383 g/mol. The lowest BCUT2D eigenvalue weighted by molar-refractivity contribution is 0.100. The van der Waals surface area contributed by atoms with E-state index >= 15 is 0 Å². The van der Waals surface area contributed by atoms with Gasteiger partial charge in [-0.05, 0) is 25.8 Å². The van der Waals surface area contributed by atoms with E-state index < -0.39 is 0 Å². The molecular formula is C23H34N4O. The largest absolute Gasteiger partial charge is 0.392 e. The highest BCUT2D eigenvalue weighted by molar-refractivity contribution is 5.51. The van der Waals surface area contributed by atoms with E-state index in [1.165, 1.54) is 11.1 Å². The van der Waals surface area contributed by atoms with Gasteiger partial charge in [-0.1, -0.05) is 50.1 Å². The van der Waals surface area contributed by atoms with E-state index in [9.17, 15) is 5.11 Å². The van der Waals surface area contributed by atoms with Crippen molar-refractivity contribution in [3.63, 3.8) is 0 Å². The second-order valence-corrected chi connectivity index (χ2v) is 7.90. The Balaban J connectivity index is 1.68. The van der Waals surface area contributed by atoms with Crippen LogP contribution in [0, 0.1) is 13.8 Å². The normalized spacial score (nSPS) is 16.4. The van der Waals surface area contributed by atoms with Gasteiger partial charge in [0.25, 0.3) is 0 Å². The van der Waals surface area contributed by atoms with Crippen LogP contribution in [0.1, 0.15) is 48.8 Å². The minimum atomic E-state index is -0.205. The third-order valence-electron chi connectivity index (χ3n) is 5.56. The zero-order valence-corrected chi connectivity index (χ0v) is 17.6. The summed E-state index contributed by atoms with van der Waals surface area (Å²) in [5.74, 6) is 1.92. The van der Waals surface area contributed by atoms with Crippen LogP contribution >= 0.6 is 0 Å². The van der Waals surface area contributed by atoms with E-state index in [0.29, 0.717) is 0 Å². The second kappa shape index (κ2) is 9.99. The molecule has 0 aliphatic carbocycles. The maximum absolute atomic E-state index is 10.2. The number of piperazine rings is 1. The van der Waals surface area contributed by atoms with Crippen molar-refractivity contribution < 1.29 is 5.11 Å². The Morgan fingerprint density at radius 2 is 1.75 bits per heavy atom. The highest BCUT2D eigenvalue weighted by Gasteiger charge is 2.23. The summed E-state index contributed by atoms with van der Waals surface area (Å²) in [7, 11) is 0. The van der Waals surface area contributed by atoms with Gasteiger partial charge in [0.2, 0.25) is 0 Å². The van der Waals surface area contributed by atoms with E-state index in [1.54, 1.807) is 0 Å². The summed E-state index contributed by atoms with van der Waals surface area (Å²) in [6.45, 7) is 10.8. The molecule has 5 heteroatoms. The maximum Gasteiger partial charge on any atom is 0.136 e. The Morgan fingerprint density at radius 3 is 2.43 bits per heavy atom. The molecule has 0 radical (unpaired) electrons. The number of anilines is 1. The van der Waals surface area contributed by atoms with Gasteiger partial charge < -0.3 is 10.0 Å². The van der Waals surface area contributed by atoms with Gasteiger partial charge in [0.05, 0.1) is 6.10 Å². The predicted octanol–water partition coefficient (Wildman–Crippen LogP) is 3.36. The van der Waals surface area contributed by atoms with Gasteiger partial charge in [0.1, 0.15) is 11.6 Å². The maximum atomic E-state index is 10.2. The zero-order valence-electron chi connectivity index (χ0n) is 17.6. The van der Waals surface area contributed by atoms with E-state index in [0.717, 1.165) is 75.7 Å². The van der Waals surface area contributed by atoms with Crippen LogP contribution in [0.2, 0.25) is 0 Å². The molecule has 3 rings (SSSR count). The first-order valence-electron chi connectivity index (χ1n) is 10.6. The molecule has 1 atom stereocenters. The van der Waals surface area contributed by atoms with E-state index in [4.69, 9.17) is 4.98 Å². The predicted molar refractivity (Wildman–Crippen MR) is 115 cm³/mol. The van der Waals surface area contributed by atoms with Gasteiger partial charge in [-0.3, -0.25) is 4.90 Å². The van der Waals surface area contributed by atoms with Gasteiger partial charge in [-0.25, -0.2) is 9.97 Å². The molecule has 1 fully saturated rings. The number of aryl methyl sites for hydroxylation is 2. The molecule has 0 spiro atoms. The van der Waals surface area contributed by atoms with Crippen LogP contribution in [0.3, 0.4) is 0 Å². The Morgan fingerprint density at radius 1 is 1.04 bits per heavy atom. The summed E-state index contributed by atoms with van der Waals surface area (Å²) in [6.07, 6.45) is 3.80. The van der Waals surface area contributed by atoms with Crippen LogP contribution in [0.4, 0.5) is 5.82 Å². The number of aliphatic hydroxyl groups is 1. The summed E-state index contributed by atoms with van der Waals surface area (Å²) < 4.78 is 0. The molecule has 2 aromatic rings. The fourth-order valence-electron chi connectivity index (χ4n) is 3.96. The van der Waals surface area contributed by atoms with Crippen LogP contribution in [0.15, 0.2) is 30.3 Å².